The normalized spacial score (nSPS) is 12.6. The van der Waals surface area contributed by atoms with Gasteiger partial charge in [-0.15, -0.1) is 0 Å². The molecular formula is C15H20N2O. The third kappa shape index (κ3) is 3.44. The molecular weight excluding hydrogens is 224 g/mol. The molecule has 0 saturated heterocycles. The molecule has 0 amide bonds. The van der Waals surface area contributed by atoms with Crippen molar-refractivity contribution in [1.29, 1.82) is 0 Å². The summed E-state index contributed by atoms with van der Waals surface area (Å²) in [5.74, 6) is 0. The fourth-order valence-corrected chi connectivity index (χ4v) is 2.04. The Balaban J connectivity index is 1.79. The van der Waals surface area contributed by atoms with E-state index in [1.165, 1.54) is 5.56 Å². The van der Waals surface area contributed by atoms with E-state index in [-0.39, 0.29) is 0 Å². The molecule has 0 spiro atoms. The molecule has 0 radical (unpaired) electrons. The summed E-state index contributed by atoms with van der Waals surface area (Å²) >= 11 is 0. The monoisotopic (exact) mass is 244 g/mol. The summed E-state index contributed by atoms with van der Waals surface area (Å²) in [5.41, 5.74) is 2.25. The van der Waals surface area contributed by atoms with Gasteiger partial charge < -0.3 is 5.11 Å². The van der Waals surface area contributed by atoms with Gasteiger partial charge in [-0.05, 0) is 31.7 Å². The third-order valence-corrected chi connectivity index (χ3v) is 3.15. The van der Waals surface area contributed by atoms with Crippen LogP contribution in [0.25, 0.3) is 0 Å². The lowest BCUT2D eigenvalue weighted by molar-refractivity contribution is 0.164. The summed E-state index contributed by atoms with van der Waals surface area (Å²) in [5, 5.41) is 14.2. The first kappa shape index (κ1) is 12.8. The second kappa shape index (κ2) is 6.36. The van der Waals surface area contributed by atoms with E-state index in [1.807, 2.05) is 23.9 Å². The lowest BCUT2D eigenvalue weighted by Gasteiger charge is -2.08. The SMILES string of the molecule is CCn1cc(C(O)CCCc2ccccc2)cn1. The highest BCUT2D eigenvalue weighted by Crippen LogP contribution is 2.18. The average Bonchev–Trinajstić information content (AvgIpc) is 2.89. The maximum atomic E-state index is 10.1. The predicted molar refractivity (Wildman–Crippen MR) is 72.2 cm³/mol. The Bertz CT molecular complexity index is 464. The van der Waals surface area contributed by atoms with Gasteiger partial charge >= 0.3 is 0 Å². The van der Waals surface area contributed by atoms with E-state index in [2.05, 4.69) is 29.4 Å². The van der Waals surface area contributed by atoms with Crippen molar-refractivity contribution in [3.8, 4) is 0 Å². The number of aliphatic hydroxyl groups is 1. The van der Waals surface area contributed by atoms with Crippen LogP contribution in [-0.2, 0) is 13.0 Å². The largest absolute Gasteiger partial charge is 0.388 e. The number of aryl methyl sites for hydroxylation is 2. The second-order valence-corrected chi connectivity index (χ2v) is 4.52. The van der Waals surface area contributed by atoms with E-state index in [4.69, 9.17) is 0 Å². The number of hydrogen-bond donors (Lipinski definition) is 1. The van der Waals surface area contributed by atoms with Gasteiger partial charge in [-0.3, -0.25) is 4.68 Å². The summed E-state index contributed by atoms with van der Waals surface area (Å²) < 4.78 is 1.84. The van der Waals surface area contributed by atoms with Crippen molar-refractivity contribution in [1.82, 2.24) is 9.78 Å². The summed E-state index contributed by atoms with van der Waals surface area (Å²) in [6.07, 6.45) is 6.07. The van der Waals surface area contributed by atoms with E-state index >= 15 is 0 Å². The van der Waals surface area contributed by atoms with Crippen molar-refractivity contribution in [2.45, 2.75) is 38.8 Å². The number of aromatic nitrogens is 2. The zero-order chi connectivity index (χ0) is 12.8. The van der Waals surface area contributed by atoms with E-state index < -0.39 is 6.10 Å². The molecule has 0 saturated carbocycles. The number of rotatable bonds is 6. The van der Waals surface area contributed by atoms with Crippen molar-refractivity contribution in [3.63, 3.8) is 0 Å². The summed E-state index contributed by atoms with van der Waals surface area (Å²) in [7, 11) is 0. The Morgan fingerprint density at radius 1 is 1.28 bits per heavy atom. The quantitative estimate of drug-likeness (QED) is 0.848. The molecule has 96 valence electrons. The fourth-order valence-electron chi connectivity index (χ4n) is 2.04. The average molecular weight is 244 g/mol. The van der Waals surface area contributed by atoms with Crippen LogP contribution in [0, 0.1) is 0 Å². The Hall–Kier alpha value is -1.61. The molecule has 0 fully saturated rings. The maximum absolute atomic E-state index is 10.1. The molecule has 0 aliphatic heterocycles. The van der Waals surface area contributed by atoms with Crippen molar-refractivity contribution in [3.05, 3.63) is 53.9 Å². The van der Waals surface area contributed by atoms with Crippen molar-refractivity contribution in [2.75, 3.05) is 0 Å². The number of hydrogen-bond acceptors (Lipinski definition) is 2. The highest BCUT2D eigenvalue weighted by atomic mass is 16.3. The number of nitrogens with zero attached hydrogens (tertiary/aromatic N) is 2. The van der Waals surface area contributed by atoms with Gasteiger partial charge in [0.05, 0.1) is 12.3 Å². The molecule has 1 unspecified atom stereocenters. The van der Waals surface area contributed by atoms with Gasteiger partial charge in [-0.1, -0.05) is 30.3 Å². The van der Waals surface area contributed by atoms with Crippen LogP contribution in [0.15, 0.2) is 42.7 Å². The first-order chi connectivity index (χ1) is 8.79. The minimum absolute atomic E-state index is 0.394. The highest BCUT2D eigenvalue weighted by Gasteiger charge is 2.09. The molecule has 0 bridgehead atoms. The predicted octanol–water partition coefficient (Wildman–Crippen LogP) is 2.96. The van der Waals surface area contributed by atoms with Crippen LogP contribution >= 0.6 is 0 Å². The van der Waals surface area contributed by atoms with Crippen molar-refractivity contribution in [2.24, 2.45) is 0 Å². The first-order valence-corrected chi connectivity index (χ1v) is 6.54. The molecule has 1 atom stereocenters. The molecule has 1 N–H and O–H groups in total. The minimum atomic E-state index is -0.394. The Kier molecular flexibility index (Phi) is 4.53. The molecule has 0 aliphatic carbocycles. The van der Waals surface area contributed by atoms with E-state index in [1.54, 1.807) is 6.20 Å². The van der Waals surface area contributed by atoms with Gasteiger partial charge in [0, 0.05) is 18.3 Å². The zero-order valence-corrected chi connectivity index (χ0v) is 10.8. The van der Waals surface area contributed by atoms with Crippen LogP contribution in [0.4, 0.5) is 0 Å². The molecule has 18 heavy (non-hydrogen) atoms. The molecule has 1 heterocycles. The molecule has 3 heteroatoms. The van der Waals surface area contributed by atoms with Crippen LogP contribution in [0.5, 0.6) is 0 Å². The summed E-state index contributed by atoms with van der Waals surface area (Å²) in [4.78, 5) is 0. The maximum Gasteiger partial charge on any atom is 0.0820 e. The van der Waals surface area contributed by atoms with Crippen molar-refractivity contribution >= 4 is 0 Å². The summed E-state index contributed by atoms with van der Waals surface area (Å²) in [6, 6.07) is 10.4. The van der Waals surface area contributed by atoms with Crippen LogP contribution < -0.4 is 0 Å². The zero-order valence-electron chi connectivity index (χ0n) is 10.8. The first-order valence-electron chi connectivity index (χ1n) is 6.54. The molecule has 2 aromatic rings. The van der Waals surface area contributed by atoms with Gasteiger partial charge in [0.2, 0.25) is 0 Å². The number of aliphatic hydroxyl groups excluding tert-OH is 1. The van der Waals surface area contributed by atoms with Crippen molar-refractivity contribution < 1.29 is 5.11 Å². The third-order valence-electron chi connectivity index (χ3n) is 3.15. The second-order valence-electron chi connectivity index (χ2n) is 4.52. The molecule has 0 aliphatic rings. The molecule has 1 aromatic carbocycles. The lowest BCUT2D eigenvalue weighted by atomic mass is 10.0. The van der Waals surface area contributed by atoms with E-state index in [0.717, 1.165) is 31.4 Å². The minimum Gasteiger partial charge on any atom is -0.388 e. The lowest BCUT2D eigenvalue weighted by Crippen LogP contribution is -1.98. The van der Waals surface area contributed by atoms with Crippen LogP contribution in [0.1, 0.15) is 37.0 Å². The topological polar surface area (TPSA) is 38.0 Å². The highest BCUT2D eigenvalue weighted by molar-refractivity contribution is 5.15. The van der Waals surface area contributed by atoms with Crippen LogP contribution in [0.3, 0.4) is 0 Å². The Labute approximate surface area is 108 Å². The summed E-state index contributed by atoms with van der Waals surface area (Å²) in [6.45, 7) is 2.88. The van der Waals surface area contributed by atoms with Gasteiger partial charge in [-0.2, -0.15) is 5.10 Å². The van der Waals surface area contributed by atoms with E-state index in [9.17, 15) is 5.11 Å². The van der Waals surface area contributed by atoms with E-state index in [0.29, 0.717) is 0 Å². The molecule has 2 rings (SSSR count). The Morgan fingerprint density at radius 3 is 2.72 bits per heavy atom. The van der Waals surface area contributed by atoms with Gasteiger partial charge in [-0.25, -0.2) is 0 Å². The standard InChI is InChI=1S/C15H20N2O/c1-2-17-12-14(11-16-17)15(18)10-6-9-13-7-4-3-5-8-13/h3-5,7-8,11-12,15,18H,2,6,9-10H2,1H3. The van der Waals surface area contributed by atoms with Gasteiger partial charge in [0.25, 0.3) is 0 Å². The Morgan fingerprint density at radius 2 is 2.06 bits per heavy atom. The van der Waals surface area contributed by atoms with Crippen LogP contribution in [0.2, 0.25) is 0 Å². The van der Waals surface area contributed by atoms with Gasteiger partial charge in [0.15, 0.2) is 0 Å². The smallest absolute Gasteiger partial charge is 0.0820 e. The van der Waals surface area contributed by atoms with Gasteiger partial charge in [0.1, 0.15) is 0 Å². The van der Waals surface area contributed by atoms with Crippen LogP contribution in [-0.4, -0.2) is 14.9 Å². The number of benzene rings is 1. The molecule has 1 aromatic heterocycles. The fraction of sp³-hybridized carbons (Fsp3) is 0.400. The molecule has 3 nitrogen and oxygen atoms in total.